The molecule has 0 saturated heterocycles. The Kier molecular flexibility index (Phi) is 5.79. The van der Waals surface area contributed by atoms with Crippen molar-refractivity contribution in [3.05, 3.63) is 35.4 Å². The lowest BCUT2D eigenvalue weighted by Gasteiger charge is -2.29. The van der Waals surface area contributed by atoms with Crippen LogP contribution in [0.2, 0.25) is 0 Å². The van der Waals surface area contributed by atoms with Crippen LogP contribution in [-0.4, -0.2) is 31.5 Å². The molecule has 0 bridgehead atoms. The van der Waals surface area contributed by atoms with Crippen molar-refractivity contribution in [3.8, 4) is 0 Å². The van der Waals surface area contributed by atoms with Crippen molar-refractivity contribution < 1.29 is 4.79 Å². The Bertz CT molecular complexity index is 737. The molecule has 0 aromatic carbocycles. The highest BCUT2D eigenvalue weighted by Crippen LogP contribution is 2.28. The molecule has 0 radical (unpaired) electrons. The number of carbonyl (C=O) groups excluding carboxylic acids is 1. The molecule has 2 heterocycles. The van der Waals surface area contributed by atoms with Crippen LogP contribution in [0.1, 0.15) is 74.2 Å². The number of hydrogen-bond acceptors (Lipinski definition) is 3. The minimum Gasteiger partial charge on any atom is -0.348 e. The van der Waals surface area contributed by atoms with Gasteiger partial charge in [0, 0.05) is 18.8 Å². The van der Waals surface area contributed by atoms with Gasteiger partial charge in [0.05, 0.1) is 17.9 Å². The minimum absolute atomic E-state index is 0.00717. The highest BCUT2D eigenvalue weighted by atomic mass is 16.2. The third kappa shape index (κ3) is 4.34. The fraction of sp³-hybridized carbons (Fsp3) is 0.650. The van der Waals surface area contributed by atoms with Crippen molar-refractivity contribution in [3.63, 3.8) is 0 Å². The Morgan fingerprint density at radius 3 is 2.62 bits per heavy atom. The van der Waals surface area contributed by atoms with E-state index in [1.807, 2.05) is 23.9 Å². The van der Waals surface area contributed by atoms with Crippen molar-refractivity contribution in [2.45, 2.75) is 78.4 Å². The second-order valence-electron chi connectivity index (χ2n) is 7.91. The zero-order valence-electron chi connectivity index (χ0n) is 16.4. The Morgan fingerprint density at radius 2 is 2.04 bits per heavy atom. The average molecular weight is 358 g/mol. The first-order valence-electron chi connectivity index (χ1n) is 9.84. The van der Waals surface area contributed by atoms with Crippen LogP contribution in [0.15, 0.2) is 18.5 Å². The summed E-state index contributed by atoms with van der Waals surface area (Å²) in [7, 11) is 0. The van der Waals surface area contributed by atoms with Gasteiger partial charge in [0.25, 0.3) is 5.91 Å². The summed E-state index contributed by atoms with van der Waals surface area (Å²) in [4.78, 5) is 12.8. The van der Waals surface area contributed by atoms with Gasteiger partial charge in [-0.25, -0.2) is 0 Å². The molecule has 0 spiro atoms. The van der Waals surface area contributed by atoms with Crippen LogP contribution in [0, 0.1) is 12.8 Å². The number of carbonyl (C=O) groups is 1. The van der Waals surface area contributed by atoms with Crippen LogP contribution in [0.25, 0.3) is 0 Å². The number of aryl methyl sites for hydroxylation is 2. The second kappa shape index (κ2) is 8.06. The van der Waals surface area contributed by atoms with E-state index in [1.165, 1.54) is 5.56 Å². The van der Waals surface area contributed by atoms with E-state index in [9.17, 15) is 4.79 Å². The summed E-state index contributed by atoms with van der Waals surface area (Å²) in [6.07, 6.45) is 9.02. The van der Waals surface area contributed by atoms with Crippen LogP contribution < -0.4 is 5.32 Å². The zero-order valence-corrected chi connectivity index (χ0v) is 16.4. The largest absolute Gasteiger partial charge is 0.348 e. The number of aromatic nitrogens is 4. The molecular weight excluding hydrogens is 326 g/mol. The lowest BCUT2D eigenvalue weighted by atomic mass is 9.91. The van der Waals surface area contributed by atoms with Crippen LogP contribution in [-0.2, 0) is 13.0 Å². The van der Waals surface area contributed by atoms with Crippen molar-refractivity contribution in [1.29, 1.82) is 0 Å². The third-order valence-corrected chi connectivity index (χ3v) is 5.12. The van der Waals surface area contributed by atoms with Crippen molar-refractivity contribution in [2.24, 2.45) is 5.92 Å². The summed E-state index contributed by atoms with van der Waals surface area (Å²) in [5.41, 5.74) is 2.89. The molecule has 142 valence electrons. The van der Waals surface area contributed by atoms with Crippen molar-refractivity contribution in [2.75, 3.05) is 0 Å². The number of rotatable bonds is 6. The van der Waals surface area contributed by atoms with E-state index in [0.717, 1.165) is 37.8 Å². The van der Waals surface area contributed by atoms with Crippen molar-refractivity contribution >= 4 is 5.91 Å². The lowest BCUT2D eigenvalue weighted by molar-refractivity contribution is 0.0911. The maximum absolute atomic E-state index is 12.8. The van der Waals surface area contributed by atoms with Gasteiger partial charge >= 0.3 is 0 Å². The molecule has 0 atom stereocenters. The standard InChI is InChI=1S/C20H31N5O/c1-5-24-19(11-17(23-24)10-14(2)3)20(26)22-16-6-8-18(9-7-16)25-13-15(4)12-21-25/h11-14,16,18H,5-10H2,1-4H3,(H,22,26). The van der Waals surface area contributed by atoms with E-state index in [4.69, 9.17) is 0 Å². The monoisotopic (exact) mass is 357 g/mol. The molecule has 3 rings (SSSR count). The first kappa shape index (κ1) is 18.7. The van der Waals surface area contributed by atoms with E-state index >= 15 is 0 Å². The lowest BCUT2D eigenvalue weighted by Crippen LogP contribution is -2.38. The fourth-order valence-electron chi connectivity index (χ4n) is 3.79. The van der Waals surface area contributed by atoms with Gasteiger partial charge in [0.1, 0.15) is 5.69 Å². The number of amides is 1. The van der Waals surface area contributed by atoms with Gasteiger partial charge in [-0.15, -0.1) is 0 Å². The number of nitrogens with zero attached hydrogens (tertiary/aromatic N) is 4. The molecule has 6 nitrogen and oxygen atoms in total. The van der Waals surface area contributed by atoms with Gasteiger partial charge in [0.2, 0.25) is 0 Å². The molecule has 1 aliphatic carbocycles. The maximum atomic E-state index is 12.8. The summed E-state index contributed by atoms with van der Waals surface area (Å²) in [5.74, 6) is 0.542. The topological polar surface area (TPSA) is 64.7 Å². The first-order chi connectivity index (χ1) is 12.5. The van der Waals surface area contributed by atoms with E-state index in [1.54, 1.807) is 0 Å². The fourth-order valence-corrected chi connectivity index (χ4v) is 3.79. The van der Waals surface area contributed by atoms with E-state index in [2.05, 4.69) is 47.2 Å². The zero-order chi connectivity index (χ0) is 18.7. The van der Waals surface area contributed by atoms with Gasteiger partial charge in [-0.05, 0) is 63.5 Å². The first-order valence-corrected chi connectivity index (χ1v) is 9.84. The molecular formula is C20H31N5O. The highest BCUT2D eigenvalue weighted by Gasteiger charge is 2.25. The maximum Gasteiger partial charge on any atom is 0.269 e. The van der Waals surface area contributed by atoms with Crippen LogP contribution in [0.3, 0.4) is 0 Å². The molecule has 2 aromatic rings. The van der Waals surface area contributed by atoms with Gasteiger partial charge < -0.3 is 5.32 Å². The van der Waals surface area contributed by atoms with E-state index < -0.39 is 0 Å². The summed E-state index contributed by atoms with van der Waals surface area (Å²) in [5, 5.41) is 12.2. The quantitative estimate of drug-likeness (QED) is 0.860. The molecule has 1 fully saturated rings. The SMILES string of the molecule is CCn1nc(CC(C)C)cc1C(=O)NC1CCC(n2cc(C)cn2)CC1. The molecule has 0 unspecified atom stereocenters. The van der Waals surface area contributed by atoms with Crippen LogP contribution >= 0.6 is 0 Å². The number of hydrogen-bond donors (Lipinski definition) is 1. The molecule has 26 heavy (non-hydrogen) atoms. The van der Waals surface area contributed by atoms with Gasteiger partial charge in [0.15, 0.2) is 0 Å². The molecule has 1 N–H and O–H groups in total. The highest BCUT2D eigenvalue weighted by molar-refractivity contribution is 5.92. The second-order valence-corrected chi connectivity index (χ2v) is 7.91. The smallest absolute Gasteiger partial charge is 0.269 e. The van der Waals surface area contributed by atoms with Gasteiger partial charge in [-0.2, -0.15) is 10.2 Å². The van der Waals surface area contributed by atoms with E-state index in [-0.39, 0.29) is 11.9 Å². The Balaban J connectivity index is 1.58. The average Bonchev–Trinajstić information content (AvgIpc) is 3.21. The molecule has 1 amide bonds. The summed E-state index contributed by atoms with van der Waals surface area (Å²) in [6.45, 7) is 9.15. The Hall–Kier alpha value is -2.11. The Morgan fingerprint density at radius 1 is 1.31 bits per heavy atom. The molecule has 1 saturated carbocycles. The molecule has 6 heteroatoms. The van der Waals surface area contributed by atoms with Crippen LogP contribution in [0.5, 0.6) is 0 Å². The van der Waals surface area contributed by atoms with Gasteiger partial charge in [-0.1, -0.05) is 13.8 Å². The summed E-state index contributed by atoms with van der Waals surface area (Å²) in [6, 6.07) is 2.65. The van der Waals surface area contributed by atoms with E-state index in [0.29, 0.717) is 24.2 Å². The van der Waals surface area contributed by atoms with Crippen molar-refractivity contribution in [1.82, 2.24) is 24.9 Å². The number of nitrogens with one attached hydrogen (secondary N) is 1. The summed E-state index contributed by atoms with van der Waals surface area (Å²) >= 11 is 0. The molecule has 0 aliphatic heterocycles. The predicted octanol–water partition coefficient (Wildman–Crippen LogP) is 3.52. The third-order valence-electron chi connectivity index (χ3n) is 5.12. The summed E-state index contributed by atoms with van der Waals surface area (Å²) < 4.78 is 3.91. The normalized spacial score (nSPS) is 20.5. The minimum atomic E-state index is 0.00717. The molecule has 2 aromatic heterocycles. The Labute approximate surface area is 156 Å². The predicted molar refractivity (Wildman–Crippen MR) is 102 cm³/mol. The van der Waals surface area contributed by atoms with Crippen LogP contribution in [0.4, 0.5) is 0 Å². The van der Waals surface area contributed by atoms with Gasteiger partial charge in [-0.3, -0.25) is 14.2 Å². The molecule has 1 aliphatic rings.